The van der Waals surface area contributed by atoms with Crippen molar-refractivity contribution in [1.29, 1.82) is 0 Å². The molecule has 0 saturated carbocycles. The van der Waals surface area contributed by atoms with Gasteiger partial charge in [-0.15, -0.1) is 0 Å². The summed E-state index contributed by atoms with van der Waals surface area (Å²) in [6.45, 7) is 0. The molecule has 3 heterocycles. The Morgan fingerprint density at radius 2 is 1.14 bits per heavy atom. The summed E-state index contributed by atoms with van der Waals surface area (Å²) in [6, 6.07) is 36.0. The van der Waals surface area contributed by atoms with Gasteiger partial charge in [0, 0.05) is 5.69 Å². The molecule has 35 heavy (non-hydrogen) atoms. The van der Waals surface area contributed by atoms with Crippen LogP contribution in [0, 0.1) is 11.8 Å². The van der Waals surface area contributed by atoms with E-state index in [1.54, 1.807) is 0 Å². The van der Waals surface area contributed by atoms with E-state index in [9.17, 15) is 9.59 Å². The number of para-hydroxylation sites is 2. The molecule has 4 nitrogen and oxygen atoms in total. The second kappa shape index (κ2) is 7.67. The molecule has 3 aliphatic rings. The van der Waals surface area contributed by atoms with Crippen molar-refractivity contribution in [3.8, 4) is 0 Å². The molecule has 4 atom stereocenters. The van der Waals surface area contributed by atoms with Crippen molar-refractivity contribution in [1.82, 2.24) is 0 Å². The lowest BCUT2D eigenvalue weighted by atomic mass is 9.83. The van der Waals surface area contributed by atoms with E-state index >= 15 is 0 Å². The first-order valence-corrected chi connectivity index (χ1v) is 12.2. The smallest absolute Gasteiger partial charge is 0.240 e. The molecule has 0 radical (unpaired) electrons. The number of carbonyl (C=O) groups is 2. The van der Waals surface area contributed by atoms with Crippen LogP contribution in [-0.2, 0) is 16.0 Å². The summed E-state index contributed by atoms with van der Waals surface area (Å²) in [5, 5.41) is 0. The normalized spacial score (nSPS) is 24.5. The summed E-state index contributed by atoms with van der Waals surface area (Å²) in [6.07, 6.45) is 0.808. The van der Waals surface area contributed by atoms with E-state index in [1.165, 1.54) is 16.0 Å². The Morgan fingerprint density at radius 1 is 0.571 bits per heavy atom. The lowest BCUT2D eigenvalue weighted by Crippen LogP contribution is -2.38. The Kier molecular flexibility index (Phi) is 4.43. The SMILES string of the molecule is O=C1[C@@H]2[C@H](C(=O)N1c1ccccc1)[C@H]1c3ccccc3Cc3ccccc3N1[C@H]2c1ccccc1. The van der Waals surface area contributed by atoms with Crippen LogP contribution >= 0.6 is 0 Å². The number of amides is 2. The number of hydrogen-bond acceptors (Lipinski definition) is 3. The molecule has 2 saturated heterocycles. The van der Waals surface area contributed by atoms with Crippen LogP contribution < -0.4 is 9.80 Å². The van der Waals surface area contributed by atoms with Crippen molar-refractivity contribution in [2.24, 2.45) is 11.8 Å². The maximum absolute atomic E-state index is 14.1. The van der Waals surface area contributed by atoms with Gasteiger partial charge in [-0.1, -0.05) is 91.0 Å². The van der Waals surface area contributed by atoms with Crippen LogP contribution in [0.25, 0.3) is 0 Å². The molecule has 2 amide bonds. The Hall–Kier alpha value is -4.18. The van der Waals surface area contributed by atoms with Crippen molar-refractivity contribution in [3.05, 3.63) is 131 Å². The van der Waals surface area contributed by atoms with Crippen LogP contribution in [0.15, 0.2) is 109 Å². The van der Waals surface area contributed by atoms with Crippen LogP contribution in [0.3, 0.4) is 0 Å². The molecule has 3 aliphatic heterocycles. The van der Waals surface area contributed by atoms with Gasteiger partial charge >= 0.3 is 0 Å². The summed E-state index contributed by atoms with van der Waals surface area (Å²) in [4.78, 5) is 32.1. The topological polar surface area (TPSA) is 40.6 Å². The van der Waals surface area contributed by atoms with E-state index in [-0.39, 0.29) is 23.9 Å². The van der Waals surface area contributed by atoms with Crippen molar-refractivity contribution >= 4 is 23.2 Å². The standard InChI is InChI=1S/C31H24N2O2/c34-30-26-27(31(35)32(30)23-15-5-2-6-16-23)29-24-17-9-7-13-21(24)19-22-14-8-10-18-25(22)33(29)28(26)20-11-3-1-4-12-20/h1-18,26-29H,19H2/t26-,27+,28+,29-/m1/s1. The van der Waals surface area contributed by atoms with Crippen LogP contribution in [0.4, 0.5) is 11.4 Å². The summed E-state index contributed by atoms with van der Waals surface area (Å²) in [5.74, 6) is -1.13. The third-order valence-electron chi connectivity index (χ3n) is 7.86. The fraction of sp³-hybridized carbons (Fsp3) is 0.161. The van der Waals surface area contributed by atoms with Crippen molar-refractivity contribution in [3.63, 3.8) is 0 Å². The largest absolute Gasteiger partial charge is 0.356 e. The fourth-order valence-corrected chi connectivity index (χ4v) is 6.49. The minimum Gasteiger partial charge on any atom is -0.356 e. The highest BCUT2D eigenvalue weighted by molar-refractivity contribution is 6.23. The summed E-state index contributed by atoms with van der Waals surface area (Å²) in [5.41, 5.74) is 6.42. The number of hydrogen-bond donors (Lipinski definition) is 0. The summed E-state index contributed by atoms with van der Waals surface area (Å²) >= 11 is 0. The Labute approximate surface area is 204 Å². The predicted molar refractivity (Wildman–Crippen MR) is 136 cm³/mol. The first-order valence-electron chi connectivity index (χ1n) is 12.2. The molecular weight excluding hydrogens is 432 g/mol. The van der Waals surface area contributed by atoms with E-state index in [0.717, 1.165) is 23.2 Å². The van der Waals surface area contributed by atoms with Gasteiger partial charge in [0.1, 0.15) is 0 Å². The van der Waals surface area contributed by atoms with Crippen LogP contribution in [0.1, 0.15) is 34.3 Å². The molecule has 0 aromatic heterocycles. The first-order chi connectivity index (χ1) is 17.2. The molecule has 4 heteroatoms. The highest BCUT2D eigenvalue weighted by Crippen LogP contribution is 2.59. The van der Waals surface area contributed by atoms with Crippen LogP contribution in [0.2, 0.25) is 0 Å². The van der Waals surface area contributed by atoms with E-state index in [4.69, 9.17) is 0 Å². The zero-order valence-corrected chi connectivity index (χ0v) is 19.1. The molecule has 0 aliphatic carbocycles. The maximum atomic E-state index is 14.1. The average Bonchev–Trinajstić information content (AvgIpc) is 3.33. The quantitative estimate of drug-likeness (QED) is 0.363. The maximum Gasteiger partial charge on any atom is 0.240 e. The lowest BCUT2D eigenvalue weighted by Gasteiger charge is -2.36. The summed E-state index contributed by atoms with van der Waals surface area (Å²) in [7, 11) is 0. The molecule has 2 fully saturated rings. The minimum atomic E-state index is -0.464. The predicted octanol–water partition coefficient (Wildman–Crippen LogP) is 5.70. The van der Waals surface area contributed by atoms with E-state index in [2.05, 4.69) is 59.5 Å². The van der Waals surface area contributed by atoms with Gasteiger partial charge in [0.2, 0.25) is 11.8 Å². The summed E-state index contributed by atoms with van der Waals surface area (Å²) < 4.78 is 0. The zero-order chi connectivity index (χ0) is 23.5. The minimum absolute atomic E-state index is 0.103. The number of rotatable bonds is 2. The van der Waals surface area contributed by atoms with Gasteiger partial charge in [-0.05, 0) is 46.9 Å². The van der Waals surface area contributed by atoms with Crippen molar-refractivity contribution in [2.75, 3.05) is 9.80 Å². The molecule has 4 aromatic rings. The van der Waals surface area contributed by atoms with Gasteiger partial charge in [0.15, 0.2) is 0 Å². The fourth-order valence-electron chi connectivity index (χ4n) is 6.49. The van der Waals surface area contributed by atoms with Gasteiger partial charge in [0.05, 0.1) is 29.6 Å². The highest BCUT2D eigenvalue weighted by atomic mass is 16.2. The van der Waals surface area contributed by atoms with E-state index < -0.39 is 11.8 Å². The Balaban J connectivity index is 1.49. The highest BCUT2D eigenvalue weighted by Gasteiger charge is 2.63. The lowest BCUT2D eigenvalue weighted by molar-refractivity contribution is -0.123. The zero-order valence-electron chi connectivity index (χ0n) is 19.1. The third kappa shape index (κ3) is 2.86. The van der Waals surface area contributed by atoms with E-state index in [0.29, 0.717) is 5.69 Å². The number of carbonyl (C=O) groups excluding carboxylic acids is 2. The Bertz CT molecular complexity index is 1450. The number of anilines is 2. The molecule has 170 valence electrons. The molecule has 7 rings (SSSR count). The molecule has 4 aromatic carbocycles. The van der Waals surface area contributed by atoms with Gasteiger partial charge in [-0.2, -0.15) is 0 Å². The molecule has 0 N–H and O–H groups in total. The third-order valence-corrected chi connectivity index (χ3v) is 7.86. The second-order valence-corrected chi connectivity index (χ2v) is 9.61. The molecule has 0 unspecified atom stereocenters. The van der Waals surface area contributed by atoms with Crippen molar-refractivity contribution in [2.45, 2.75) is 18.5 Å². The van der Waals surface area contributed by atoms with Gasteiger partial charge < -0.3 is 4.90 Å². The van der Waals surface area contributed by atoms with E-state index in [1.807, 2.05) is 54.6 Å². The van der Waals surface area contributed by atoms with Gasteiger partial charge in [-0.25, -0.2) is 4.90 Å². The van der Waals surface area contributed by atoms with Crippen LogP contribution in [-0.4, -0.2) is 11.8 Å². The van der Waals surface area contributed by atoms with Gasteiger partial charge in [-0.3, -0.25) is 9.59 Å². The van der Waals surface area contributed by atoms with Gasteiger partial charge in [0.25, 0.3) is 0 Å². The van der Waals surface area contributed by atoms with Crippen molar-refractivity contribution < 1.29 is 9.59 Å². The Morgan fingerprint density at radius 3 is 1.89 bits per heavy atom. The molecule has 0 spiro atoms. The molecular formula is C31H24N2O2. The number of nitrogens with zero attached hydrogens (tertiary/aromatic N) is 2. The van der Waals surface area contributed by atoms with Crippen LogP contribution in [0.5, 0.6) is 0 Å². The number of fused-ring (bicyclic) bond motifs is 7. The first kappa shape index (κ1) is 20.2. The number of imide groups is 1. The number of benzene rings is 4. The monoisotopic (exact) mass is 456 g/mol. The second-order valence-electron chi connectivity index (χ2n) is 9.61. The molecule has 0 bridgehead atoms. The average molecular weight is 457 g/mol.